The number of hydrogen-bond donors (Lipinski definition) is 2. The van der Waals surface area contributed by atoms with Crippen LogP contribution in [0, 0.1) is 9.39 Å². The van der Waals surface area contributed by atoms with Crippen LogP contribution in [0.25, 0.3) is 0 Å². The molecule has 1 amide bonds. The lowest BCUT2D eigenvalue weighted by molar-refractivity contribution is -0.119. The van der Waals surface area contributed by atoms with Gasteiger partial charge in [0.25, 0.3) is 5.56 Å². The number of esters is 1. The number of benzene rings is 1. The Kier molecular flexibility index (Phi) is 5.43. The number of carbonyl (C=O) groups is 2. The van der Waals surface area contributed by atoms with Crippen LogP contribution in [0.1, 0.15) is 28.4 Å². The molecule has 1 aromatic heterocycles. The molecule has 27 heavy (non-hydrogen) atoms. The average molecular weight is 506 g/mol. The minimum atomic E-state index is -0.855. The lowest BCUT2D eigenvalue weighted by atomic mass is 9.98. The second kappa shape index (κ2) is 7.47. The number of aromatic nitrogens is 1. The number of rotatable bonds is 4. The molecule has 0 saturated heterocycles. The molecule has 1 aliphatic rings. The number of hydrogen-bond acceptors (Lipinski definition) is 5. The fraction of sp³-hybridized carbons (Fsp3) is 0.235. The molecule has 3 N–H and O–H groups in total. The zero-order valence-corrected chi connectivity index (χ0v) is 16.9. The number of methoxy groups -OCH3 is 1. The van der Waals surface area contributed by atoms with Gasteiger partial charge in [0.2, 0.25) is 5.91 Å². The van der Waals surface area contributed by atoms with E-state index in [0.29, 0.717) is 3.57 Å². The predicted octanol–water partition coefficient (Wildman–Crippen LogP) is 2.75. The second-order valence-electron chi connectivity index (χ2n) is 5.89. The fourth-order valence-electron chi connectivity index (χ4n) is 3.12. The molecular weight excluding hydrogens is 492 g/mol. The minimum Gasteiger partial charge on any atom is -0.465 e. The molecule has 2 aromatic rings. The van der Waals surface area contributed by atoms with Crippen molar-refractivity contribution in [2.24, 2.45) is 5.73 Å². The number of fused-ring (bicyclic) bond motifs is 1. The number of nitrogens with two attached hydrogens (primary N) is 1. The highest BCUT2D eigenvalue weighted by molar-refractivity contribution is 14.1. The molecule has 0 saturated carbocycles. The topological polar surface area (TPSA) is 103 Å². The van der Waals surface area contributed by atoms with Crippen LogP contribution in [0.4, 0.5) is 15.8 Å². The molecule has 0 radical (unpaired) electrons. The molecule has 1 atom stereocenters. The Hall–Kier alpha value is -2.14. The monoisotopic (exact) mass is 505 g/mol. The van der Waals surface area contributed by atoms with Gasteiger partial charge in [0.15, 0.2) is 0 Å². The standard InChI is InChI=1S/C17H14ClFIN3O4/c1-27-17(26)11-13(22-10-3-2-7(20)6-9(10)19)12(18)16(25)23-5-4-8(14(11)23)15(21)24/h2-3,6,8,22H,4-5H2,1H3,(H2,21,24). The summed E-state index contributed by atoms with van der Waals surface area (Å²) in [5.41, 5.74) is 4.74. The quantitative estimate of drug-likeness (QED) is 0.491. The van der Waals surface area contributed by atoms with Gasteiger partial charge in [-0.1, -0.05) is 11.6 Å². The summed E-state index contributed by atoms with van der Waals surface area (Å²) in [6.45, 7) is 0.184. The van der Waals surface area contributed by atoms with Gasteiger partial charge >= 0.3 is 5.97 Å². The van der Waals surface area contributed by atoms with Crippen molar-refractivity contribution in [2.45, 2.75) is 18.9 Å². The van der Waals surface area contributed by atoms with Crippen molar-refractivity contribution in [3.63, 3.8) is 0 Å². The van der Waals surface area contributed by atoms with E-state index in [1.165, 1.54) is 16.7 Å². The smallest absolute Gasteiger partial charge is 0.341 e. The molecule has 1 aliphatic heterocycles. The SMILES string of the molecule is COC(=O)c1c(Nc2ccc(I)cc2F)c(Cl)c(=O)n2c1C(C(N)=O)CC2. The molecule has 7 nitrogen and oxygen atoms in total. The van der Waals surface area contributed by atoms with Crippen LogP contribution in [0.15, 0.2) is 23.0 Å². The molecule has 0 aliphatic carbocycles. The van der Waals surface area contributed by atoms with Gasteiger partial charge in [-0.2, -0.15) is 0 Å². The fourth-order valence-corrected chi connectivity index (χ4v) is 3.81. The molecule has 0 fully saturated rings. The van der Waals surface area contributed by atoms with Crippen molar-refractivity contribution < 1.29 is 18.7 Å². The van der Waals surface area contributed by atoms with E-state index >= 15 is 0 Å². The maximum absolute atomic E-state index is 14.3. The molecular formula is C17H14ClFIN3O4. The Morgan fingerprint density at radius 3 is 2.74 bits per heavy atom. The molecule has 0 bridgehead atoms. The summed E-state index contributed by atoms with van der Waals surface area (Å²) >= 11 is 8.15. The summed E-state index contributed by atoms with van der Waals surface area (Å²) in [5.74, 6) is -2.95. The van der Waals surface area contributed by atoms with E-state index < -0.39 is 29.2 Å². The Balaban J connectivity index is 2.28. The third-order valence-corrected chi connectivity index (χ3v) is 5.37. The number of ether oxygens (including phenoxy) is 1. The third-order valence-electron chi connectivity index (χ3n) is 4.34. The molecule has 0 spiro atoms. The first-order valence-corrected chi connectivity index (χ1v) is 9.27. The average Bonchev–Trinajstić information content (AvgIpc) is 3.06. The van der Waals surface area contributed by atoms with Crippen LogP contribution >= 0.6 is 34.2 Å². The van der Waals surface area contributed by atoms with E-state index in [4.69, 9.17) is 22.1 Å². The van der Waals surface area contributed by atoms with Crippen molar-refractivity contribution in [1.29, 1.82) is 0 Å². The van der Waals surface area contributed by atoms with Crippen molar-refractivity contribution in [3.8, 4) is 0 Å². The number of halogens is 3. The summed E-state index contributed by atoms with van der Waals surface area (Å²) < 4.78 is 21.0. The van der Waals surface area contributed by atoms with Crippen LogP contribution in [-0.2, 0) is 16.1 Å². The maximum atomic E-state index is 14.3. The zero-order valence-electron chi connectivity index (χ0n) is 14.0. The Labute approximate surface area is 171 Å². The van der Waals surface area contributed by atoms with E-state index in [2.05, 4.69) is 5.32 Å². The normalized spacial score (nSPS) is 15.3. The predicted molar refractivity (Wildman–Crippen MR) is 106 cm³/mol. The number of carbonyl (C=O) groups excluding carboxylic acids is 2. The molecule has 3 rings (SSSR count). The number of nitrogens with one attached hydrogen (secondary N) is 1. The van der Waals surface area contributed by atoms with Gasteiger partial charge in [0.05, 0.1) is 30.1 Å². The number of amides is 1. The van der Waals surface area contributed by atoms with Crippen LogP contribution in [0.3, 0.4) is 0 Å². The van der Waals surface area contributed by atoms with Gasteiger partial charge in [-0.05, 0) is 47.2 Å². The Bertz CT molecular complexity index is 1020. The molecule has 142 valence electrons. The highest BCUT2D eigenvalue weighted by Crippen LogP contribution is 2.38. The van der Waals surface area contributed by atoms with Gasteiger partial charge in [-0.3, -0.25) is 9.59 Å². The number of nitrogens with zero attached hydrogens (tertiary/aromatic N) is 1. The van der Waals surface area contributed by atoms with Crippen molar-refractivity contribution in [2.75, 3.05) is 12.4 Å². The van der Waals surface area contributed by atoms with Gasteiger partial charge < -0.3 is 20.4 Å². The summed E-state index contributed by atoms with van der Waals surface area (Å²) in [6, 6.07) is 4.37. The highest BCUT2D eigenvalue weighted by Gasteiger charge is 2.37. The van der Waals surface area contributed by atoms with Gasteiger partial charge in [0, 0.05) is 10.1 Å². The molecule has 1 unspecified atom stereocenters. The largest absolute Gasteiger partial charge is 0.465 e. The van der Waals surface area contributed by atoms with Crippen LogP contribution < -0.4 is 16.6 Å². The summed E-state index contributed by atoms with van der Waals surface area (Å²) in [6.07, 6.45) is 0.256. The van der Waals surface area contributed by atoms with E-state index in [1.54, 1.807) is 6.07 Å². The van der Waals surface area contributed by atoms with Crippen molar-refractivity contribution in [3.05, 3.63) is 54.2 Å². The summed E-state index contributed by atoms with van der Waals surface area (Å²) in [5, 5.41) is 2.40. The molecule has 10 heteroatoms. The summed E-state index contributed by atoms with van der Waals surface area (Å²) in [4.78, 5) is 36.9. The van der Waals surface area contributed by atoms with E-state index in [0.717, 1.165) is 7.11 Å². The Morgan fingerprint density at radius 1 is 1.44 bits per heavy atom. The van der Waals surface area contributed by atoms with Crippen LogP contribution in [-0.4, -0.2) is 23.6 Å². The Morgan fingerprint density at radius 2 is 2.15 bits per heavy atom. The number of pyridine rings is 1. The molecule has 1 aromatic carbocycles. The second-order valence-corrected chi connectivity index (χ2v) is 7.51. The lowest BCUT2D eigenvalue weighted by Crippen LogP contribution is -2.28. The van der Waals surface area contributed by atoms with Crippen LogP contribution in [0.5, 0.6) is 0 Å². The third kappa shape index (κ3) is 3.41. The molecule has 2 heterocycles. The lowest BCUT2D eigenvalue weighted by Gasteiger charge is -2.19. The van der Waals surface area contributed by atoms with E-state index in [1.807, 2.05) is 22.6 Å². The highest BCUT2D eigenvalue weighted by atomic mass is 127. The first-order chi connectivity index (χ1) is 12.8. The summed E-state index contributed by atoms with van der Waals surface area (Å²) in [7, 11) is 1.15. The van der Waals surface area contributed by atoms with E-state index in [-0.39, 0.29) is 40.6 Å². The first kappa shape index (κ1) is 19.6. The maximum Gasteiger partial charge on any atom is 0.341 e. The van der Waals surface area contributed by atoms with E-state index in [9.17, 15) is 18.8 Å². The van der Waals surface area contributed by atoms with Crippen LogP contribution in [0.2, 0.25) is 5.02 Å². The number of primary amides is 1. The van der Waals surface area contributed by atoms with Gasteiger partial charge in [0.1, 0.15) is 16.4 Å². The van der Waals surface area contributed by atoms with Gasteiger partial charge in [-0.25, -0.2) is 9.18 Å². The van der Waals surface area contributed by atoms with Crippen molar-refractivity contribution in [1.82, 2.24) is 4.57 Å². The zero-order chi connectivity index (χ0) is 19.9. The first-order valence-electron chi connectivity index (χ1n) is 7.82. The van der Waals surface area contributed by atoms with Gasteiger partial charge in [-0.15, -0.1) is 0 Å². The minimum absolute atomic E-state index is 0.0143. The van der Waals surface area contributed by atoms with Crippen molar-refractivity contribution >= 4 is 57.4 Å². The number of anilines is 2.